The Morgan fingerprint density at radius 3 is 2.26 bits per heavy atom. The van der Waals surface area contributed by atoms with Crippen molar-refractivity contribution in [3.05, 3.63) is 95.2 Å². The number of benzene rings is 2. The molecule has 0 aliphatic heterocycles. The van der Waals surface area contributed by atoms with E-state index in [2.05, 4.69) is 9.97 Å². The maximum Gasteiger partial charge on any atom is 0.433 e. The summed E-state index contributed by atoms with van der Waals surface area (Å²) in [4.78, 5) is 32.6. The van der Waals surface area contributed by atoms with E-state index in [9.17, 15) is 45.4 Å². The molecule has 1 fully saturated rings. The zero-order valence-electron chi connectivity index (χ0n) is 26.2. The maximum atomic E-state index is 14.7. The summed E-state index contributed by atoms with van der Waals surface area (Å²) in [5.74, 6) is -2.71. The first-order chi connectivity index (χ1) is 23.5. The van der Waals surface area contributed by atoms with Crippen molar-refractivity contribution in [1.82, 2.24) is 15.3 Å². The Balaban J connectivity index is 1.53. The van der Waals surface area contributed by atoms with Crippen molar-refractivity contribution in [3.63, 3.8) is 0 Å². The number of hydrogen-bond donors (Lipinski definition) is 3. The fraction of sp³-hybridized carbons (Fsp3) is 0.294. The van der Waals surface area contributed by atoms with Crippen molar-refractivity contribution in [1.29, 1.82) is 0 Å². The van der Waals surface area contributed by atoms with E-state index in [-0.39, 0.29) is 57.7 Å². The number of primary amides is 1. The number of nitrogens with zero attached hydrogens (tertiary/aromatic N) is 2. The number of carbonyl (C=O) groups is 2. The second kappa shape index (κ2) is 13.9. The normalized spacial score (nSPS) is 14.5. The molecule has 16 heteroatoms. The molecule has 1 aliphatic rings. The summed E-state index contributed by atoms with van der Waals surface area (Å²) in [5, 5.41) is 13.3. The molecule has 1 saturated carbocycles. The Morgan fingerprint density at radius 1 is 0.960 bits per heavy atom. The average Bonchev–Trinajstić information content (AvgIpc) is 3.88. The van der Waals surface area contributed by atoms with Crippen molar-refractivity contribution in [2.75, 3.05) is 13.2 Å². The van der Waals surface area contributed by atoms with Gasteiger partial charge >= 0.3 is 12.4 Å². The zero-order chi connectivity index (χ0) is 36.4. The van der Waals surface area contributed by atoms with Crippen molar-refractivity contribution in [3.8, 4) is 33.9 Å². The van der Waals surface area contributed by atoms with Gasteiger partial charge in [0.25, 0.3) is 5.91 Å². The Bertz CT molecular complexity index is 1900. The van der Waals surface area contributed by atoms with Crippen LogP contribution in [0.25, 0.3) is 22.4 Å². The largest absolute Gasteiger partial charge is 0.491 e. The van der Waals surface area contributed by atoms with E-state index in [4.69, 9.17) is 15.2 Å². The highest BCUT2D eigenvalue weighted by Crippen LogP contribution is 2.42. The summed E-state index contributed by atoms with van der Waals surface area (Å²) >= 11 is 0. The summed E-state index contributed by atoms with van der Waals surface area (Å²) in [6.45, 7) is 0.0698. The van der Waals surface area contributed by atoms with E-state index < -0.39 is 59.9 Å². The number of aliphatic hydroxyl groups is 1. The van der Waals surface area contributed by atoms with Crippen molar-refractivity contribution < 1.29 is 54.9 Å². The molecule has 0 saturated heterocycles. The first kappa shape index (κ1) is 36.0. The molecule has 0 radical (unpaired) electrons. The first-order valence-corrected chi connectivity index (χ1v) is 15.1. The molecule has 2 heterocycles. The molecule has 50 heavy (non-hydrogen) atoms. The number of aromatic nitrogens is 2. The molecule has 264 valence electrons. The molecule has 5 rings (SSSR count). The predicted octanol–water partition coefficient (Wildman–Crippen LogP) is 6.12. The fourth-order valence-electron chi connectivity index (χ4n) is 4.99. The van der Waals surface area contributed by atoms with E-state index in [1.807, 2.05) is 5.32 Å². The van der Waals surface area contributed by atoms with Gasteiger partial charge in [-0.2, -0.15) is 26.3 Å². The number of hydrogen-bond acceptors (Lipinski definition) is 7. The van der Waals surface area contributed by atoms with Crippen LogP contribution in [-0.2, 0) is 23.0 Å². The predicted molar refractivity (Wildman–Crippen MR) is 164 cm³/mol. The average molecular weight is 707 g/mol. The van der Waals surface area contributed by atoms with Crippen LogP contribution < -0.4 is 20.5 Å². The SMILES string of the molecule is CCOc1c(CC(N)=O)cc([C@@](O)(CNC(=O)c2ccc(OC3CC3)c(-c3ccnc(C(F)(F)F)c3)c2)C(F)(F)F)nc1-c1ccc(F)cc1. The number of amides is 2. The Morgan fingerprint density at radius 2 is 1.66 bits per heavy atom. The molecule has 0 unspecified atom stereocenters. The molecule has 0 bridgehead atoms. The third kappa shape index (κ3) is 7.96. The molecule has 9 nitrogen and oxygen atoms in total. The van der Waals surface area contributed by atoms with Gasteiger partial charge in [-0.15, -0.1) is 0 Å². The molecule has 4 N–H and O–H groups in total. The van der Waals surface area contributed by atoms with Gasteiger partial charge in [0.1, 0.15) is 28.7 Å². The van der Waals surface area contributed by atoms with Crippen LogP contribution in [0.2, 0.25) is 0 Å². The number of halogens is 7. The van der Waals surface area contributed by atoms with Crippen LogP contribution in [0.5, 0.6) is 11.5 Å². The topological polar surface area (TPSA) is 137 Å². The lowest BCUT2D eigenvalue weighted by Crippen LogP contribution is -2.51. The molecule has 4 aromatic rings. The van der Waals surface area contributed by atoms with Crippen LogP contribution in [0.3, 0.4) is 0 Å². The van der Waals surface area contributed by atoms with Gasteiger partial charge < -0.3 is 25.6 Å². The molecule has 2 aromatic carbocycles. The summed E-state index contributed by atoms with van der Waals surface area (Å²) in [5.41, 5.74) is -1.32. The summed E-state index contributed by atoms with van der Waals surface area (Å²) in [6.07, 6.45) is -8.75. The number of ether oxygens (including phenoxy) is 2. The molecule has 2 amide bonds. The van der Waals surface area contributed by atoms with Gasteiger partial charge in [0.15, 0.2) is 0 Å². The number of carbonyl (C=O) groups excluding carboxylic acids is 2. The lowest BCUT2D eigenvalue weighted by molar-refractivity contribution is -0.265. The van der Waals surface area contributed by atoms with Crippen molar-refractivity contribution in [2.45, 2.75) is 50.2 Å². The minimum absolute atomic E-state index is 0.00986. The highest BCUT2D eigenvalue weighted by atomic mass is 19.4. The van der Waals surface area contributed by atoms with E-state index in [1.54, 1.807) is 6.92 Å². The minimum Gasteiger partial charge on any atom is -0.491 e. The molecule has 1 aliphatic carbocycles. The lowest BCUT2D eigenvalue weighted by Gasteiger charge is -2.31. The zero-order valence-corrected chi connectivity index (χ0v) is 26.2. The van der Waals surface area contributed by atoms with Crippen LogP contribution in [0, 0.1) is 5.82 Å². The van der Waals surface area contributed by atoms with Crippen LogP contribution >= 0.6 is 0 Å². The Labute approximate surface area is 280 Å². The standard InChI is InChI=1S/C34H29F7N4O5/c1-2-49-30-21(16-28(42)46)15-26(45-29(30)18-3-6-22(35)7-4-18)32(48,34(39,40)41)17-44-31(47)20-5-10-25(50-23-8-9-23)24(13-20)19-11-12-43-27(14-19)33(36,37)38/h3-7,10-15,23,48H,2,8-9,16-17H2,1H3,(H2,42,46)(H,44,47)/t32-/m0/s1. The van der Waals surface area contributed by atoms with Crippen molar-refractivity contribution >= 4 is 11.8 Å². The number of alkyl halides is 6. The fourth-order valence-corrected chi connectivity index (χ4v) is 4.99. The van der Waals surface area contributed by atoms with Crippen LogP contribution in [0.15, 0.2) is 66.9 Å². The molecule has 1 atom stereocenters. The lowest BCUT2D eigenvalue weighted by atomic mass is 9.93. The quantitative estimate of drug-likeness (QED) is 0.151. The highest BCUT2D eigenvalue weighted by Gasteiger charge is 2.57. The van der Waals surface area contributed by atoms with Gasteiger partial charge in [-0.1, -0.05) is 0 Å². The van der Waals surface area contributed by atoms with Gasteiger partial charge in [-0.3, -0.25) is 14.6 Å². The number of rotatable bonds is 12. The van der Waals surface area contributed by atoms with Gasteiger partial charge in [0.05, 0.1) is 31.4 Å². The molecular weight excluding hydrogens is 677 g/mol. The maximum absolute atomic E-state index is 14.7. The third-order valence-electron chi connectivity index (χ3n) is 7.64. The monoisotopic (exact) mass is 706 g/mol. The van der Waals surface area contributed by atoms with Crippen molar-refractivity contribution in [2.24, 2.45) is 5.73 Å². The third-order valence-corrected chi connectivity index (χ3v) is 7.64. The van der Waals surface area contributed by atoms with Gasteiger partial charge in [0.2, 0.25) is 11.5 Å². The van der Waals surface area contributed by atoms with Crippen LogP contribution in [-0.4, -0.2) is 52.3 Å². The molecule has 2 aromatic heterocycles. The molecule has 0 spiro atoms. The number of nitrogens with two attached hydrogens (primary N) is 1. The number of pyridine rings is 2. The van der Waals surface area contributed by atoms with E-state index in [0.717, 1.165) is 36.5 Å². The second-order valence-electron chi connectivity index (χ2n) is 11.4. The smallest absolute Gasteiger partial charge is 0.433 e. The summed E-state index contributed by atoms with van der Waals surface area (Å²) in [6, 6.07) is 10.9. The minimum atomic E-state index is -5.47. The summed E-state index contributed by atoms with van der Waals surface area (Å²) < 4.78 is 110. The highest BCUT2D eigenvalue weighted by molar-refractivity contribution is 5.96. The van der Waals surface area contributed by atoms with E-state index >= 15 is 0 Å². The van der Waals surface area contributed by atoms with Crippen LogP contribution in [0.4, 0.5) is 30.7 Å². The van der Waals surface area contributed by atoms with Crippen LogP contribution in [0.1, 0.15) is 47.1 Å². The van der Waals surface area contributed by atoms with E-state index in [1.165, 1.54) is 30.3 Å². The Hall–Kier alpha value is -5.25. The van der Waals surface area contributed by atoms with Gasteiger partial charge in [-0.05, 0) is 86.0 Å². The van der Waals surface area contributed by atoms with Gasteiger partial charge in [0, 0.05) is 28.5 Å². The molecular formula is C34H29F7N4O5. The van der Waals surface area contributed by atoms with E-state index in [0.29, 0.717) is 12.8 Å². The number of nitrogens with one attached hydrogen (secondary N) is 1. The summed E-state index contributed by atoms with van der Waals surface area (Å²) in [7, 11) is 0. The second-order valence-corrected chi connectivity index (χ2v) is 11.4. The first-order valence-electron chi connectivity index (χ1n) is 15.1. The Kier molecular flexibility index (Phi) is 10.0. The van der Waals surface area contributed by atoms with Gasteiger partial charge in [-0.25, -0.2) is 9.37 Å².